The van der Waals surface area contributed by atoms with Crippen molar-refractivity contribution in [2.75, 3.05) is 4.90 Å². The number of thiophene rings is 1. The van der Waals surface area contributed by atoms with Crippen molar-refractivity contribution in [1.29, 1.82) is 0 Å². The largest absolute Gasteiger partial charge is 0.456 e. The number of nitrogens with zero attached hydrogens (tertiary/aromatic N) is 1. The van der Waals surface area contributed by atoms with Crippen molar-refractivity contribution in [2.24, 2.45) is 0 Å². The lowest BCUT2D eigenvalue weighted by Crippen LogP contribution is -2.09. The molecule has 0 N–H and O–H groups in total. The minimum atomic E-state index is 0.851. The maximum absolute atomic E-state index is 6.41. The van der Waals surface area contributed by atoms with Gasteiger partial charge in [-0.25, -0.2) is 0 Å². The number of furan rings is 2. The molecule has 4 heteroatoms. The standard InChI is InChI=1S/C58H35NO2S/c1-3-13-37(14-4-1)55-56-48-30-25-39(33-50(48)43-17-7-8-20-49(43)58(56)62-57(55)38-15-5-2-6-16-38)36-23-26-40(27-24-36)59(41-28-31-46-44-18-9-11-21-51(44)60-53(46)34-41)42-29-32-47-45-19-10-12-22-52(45)61-54(47)35-42/h1-35H. The third-order valence-electron chi connectivity index (χ3n) is 12.5. The van der Waals surface area contributed by atoms with Gasteiger partial charge in [0.2, 0.25) is 0 Å². The topological polar surface area (TPSA) is 29.5 Å². The molecule has 62 heavy (non-hydrogen) atoms. The summed E-state index contributed by atoms with van der Waals surface area (Å²) in [5, 5.41) is 10.8. The van der Waals surface area contributed by atoms with E-state index in [0.29, 0.717) is 0 Å². The van der Waals surface area contributed by atoms with E-state index in [4.69, 9.17) is 8.83 Å². The van der Waals surface area contributed by atoms with Gasteiger partial charge < -0.3 is 13.7 Å². The zero-order valence-electron chi connectivity index (χ0n) is 33.4. The summed E-state index contributed by atoms with van der Waals surface area (Å²) in [6, 6.07) is 76.1. The number of anilines is 3. The molecule has 0 atom stereocenters. The lowest BCUT2D eigenvalue weighted by Gasteiger charge is -2.25. The fraction of sp³-hybridized carbons (Fsp3) is 0. The van der Waals surface area contributed by atoms with Crippen LogP contribution in [-0.2, 0) is 0 Å². The van der Waals surface area contributed by atoms with E-state index in [1.165, 1.54) is 58.8 Å². The Morgan fingerprint density at radius 2 is 0.790 bits per heavy atom. The monoisotopic (exact) mass is 809 g/mol. The quantitative estimate of drug-likeness (QED) is 0.157. The summed E-state index contributed by atoms with van der Waals surface area (Å²) in [5.41, 5.74) is 12.6. The van der Waals surface area contributed by atoms with E-state index in [1.54, 1.807) is 0 Å². The van der Waals surface area contributed by atoms with E-state index in [0.717, 1.165) is 66.5 Å². The first-order valence-corrected chi connectivity index (χ1v) is 21.8. The molecular formula is C58H35NO2S. The van der Waals surface area contributed by atoms with Crippen LogP contribution in [0.1, 0.15) is 0 Å². The van der Waals surface area contributed by atoms with Crippen LogP contribution in [0, 0.1) is 0 Å². The second-order valence-electron chi connectivity index (χ2n) is 16.0. The molecule has 0 saturated heterocycles. The van der Waals surface area contributed by atoms with Crippen LogP contribution < -0.4 is 4.90 Å². The zero-order chi connectivity index (χ0) is 40.7. The van der Waals surface area contributed by atoms with Gasteiger partial charge in [-0.1, -0.05) is 146 Å². The molecule has 0 radical (unpaired) electrons. The molecule has 3 nitrogen and oxygen atoms in total. The molecule has 0 spiro atoms. The normalized spacial score (nSPS) is 11.9. The lowest BCUT2D eigenvalue weighted by atomic mass is 9.91. The molecule has 3 heterocycles. The Morgan fingerprint density at radius 1 is 0.306 bits per heavy atom. The summed E-state index contributed by atoms with van der Waals surface area (Å²) >= 11 is 1.90. The number of hydrogen-bond donors (Lipinski definition) is 0. The molecule has 290 valence electrons. The Hall–Kier alpha value is -7.92. The van der Waals surface area contributed by atoms with E-state index >= 15 is 0 Å². The summed E-state index contributed by atoms with van der Waals surface area (Å²) in [6.07, 6.45) is 0. The predicted octanol–water partition coefficient (Wildman–Crippen LogP) is 17.5. The molecule has 0 aliphatic carbocycles. The SMILES string of the molecule is c1ccc(-c2sc3c4ccccc4c4cc(-c5ccc(N(c6ccc7c(c6)oc6ccccc67)c6ccc7c(c6)oc6ccccc67)cc5)ccc4c3c2-c2ccccc2)cc1. The number of para-hydroxylation sites is 2. The van der Waals surface area contributed by atoms with Gasteiger partial charge in [-0.05, 0) is 93.0 Å². The molecule has 0 aliphatic rings. The highest BCUT2D eigenvalue weighted by molar-refractivity contribution is 7.24. The van der Waals surface area contributed by atoms with Gasteiger partial charge in [0.05, 0.1) is 0 Å². The van der Waals surface area contributed by atoms with Gasteiger partial charge in [0.15, 0.2) is 0 Å². The Labute approximate surface area is 360 Å². The summed E-state index contributed by atoms with van der Waals surface area (Å²) < 4.78 is 14.1. The highest BCUT2D eigenvalue weighted by atomic mass is 32.1. The highest BCUT2D eigenvalue weighted by Gasteiger charge is 2.22. The van der Waals surface area contributed by atoms with Crippen molar-refractivity contribution < 1.29 is 8.83 Å². The average molecular weight is 810 g/mol. The third kappa shape index (κ3) is 5.44. The van der Waals surface area contributed by atoms with Crippen molar-refractivity contribution >= 4 is 104 Å². The number of rotatable bonds is 6. The molecule has 0 saturated carbocycles. The van der Waals surface area contributed by atoms with Crippen LogP contribution in [0.5, 0.6) is 0 Å². The Kier molecular flexibility index (Phi) is 7.78. The molecule has 0 unspecified atom stereocenters. The zero-order valence-corrected chi connectivity index (χ0v) is 34.2. The summed E-state index contributed by atoms with van der Waals surface area (Å²) in [7, 11) is 0. The van der Waals surface area contributed by atoms with Gasteiger partial charge >= 0.3 is 0 Å². The van der Waals surface area contributed by atoms with Crippen molar-refractivity contribution in [1.82, 2.24) is 0 Å². The molecule has 0 aliphatic heterocycles. The molecule has 13 rings (SSSR count). The molecule has 13 aromatic rings. The van der Waals surface area contributed by atoms with Gasteiger partial charge in [-0.15, -0.1) is 11.3 Å². The first-order chi connectivity index (χ1) is 30.7. The minimum absolute atomic E-state index is 0.851. The van der Waals surface area contributed by atoms with Crippen LogP contribution in [0.3, 0.4) is 0 Å². The molecule has 10 aromatic carbocycles. The smallest absolute Gasteiger partial charge is 0.137 e. The van der Waals surface area contributed by atoms with Gasteiger partial charge in [0.1, 0.15) is 22.3 Å². The van der Waals surface area contributed by atoms with Gasteiger partial charge in [-0.3, -0.25) is 0 Å². The molecule has 0 amide bonds. The van der Waals surface area contributed by atoms with Gasteiger partial charge in [0, 0.05) is 76.7 Å². The van der Waals surface area contributed by atoms with Gasteiger partial charge in [0.25, 0.3) is 0 Å². The Balaban J connectivity index is 0.969. The van der Waals surface area contributed by atoms with E-state index in [2.05, 4.69) is 193 Å². The lowest BCUT2D eigenvalue weighted by molar-refractivity contribution is 0.669. The van der Waals surface area contributed by atoms with Crippen molar-refractivity contribution in [3.63, 3.8) is 0 Å². The van der Waals surface area contributed by atoms with Crippen LogP contribution in [-0.4, -0.2) is 0 Å². The second kappa shape index (κ2) is 13.8. The number of fused-ring (bicyclic) bond motifs is 12. The van der Waals surface area contributed by atoms with E-state index in [9.17, 15) is 0 Å². The second-order valence-corrected chi connectivity index (χ2v) is 17.0. The Bertz CT molecular complexity index is 3750. The van der Waals surface area contributed by atoms with E-state index < -0.39 is 0 Å². The first-order valence-electron chi connectivity index (χ1n) is 21.0. The van der Waals surface area contributed by atoms with Crippen LogP contribution in [0.15, 0.2) is 221 Å². The third-order valence-corrected chi connectivity index (χ3v) is 13.7. The summed E-state index contributed by atoms with van der Waals surface area (Å²) in [5.74, 6) is 0. The van der Waals surface area contributed by atoms with Crippen molar-refractivity contribution in [2.45, 2.75) is 0 Å². The van der Waals surface area contributed by atoms with Gasteiger partial charge in [-0.2, -0.15) is 0 Å². The van der Waals surface area contributed by atoms with Crippen LogP contribution in [0.2, 0.25) is 0 Å². The number of hydrogen-bond acceptors (Lipinski definition) is 4. The predicted molar refractivity (Wildman–Crippen MR) is 262 cm³/mol. The van der Waals surface area contributed by atoms with Crippen LogP contribution in [0.4, 0.5) is 17.1 Å². The van der Waals surface area contributed by atoms with Crippen molar-refractivity contribution in [3.05, 3.63) is 212 Å². The highest BCUT2D eigenvalue weighted by Crippen LogP contribution is 2.51. The summed E-state index contributed by atoms with van der Waals surface area (Å²) in [4.78, 5) is 3.59. The Morgan fingerprint density at radius 3 is 1.42 bits per heavy atom. The molecular weight excluding hydrogens is 775 g/mol. The summed E-state index contributed by atoms with van der Waals surface area (Å²) in [6.45, 7) is 0. The molecule has 3 aromatic heterocycles. The first kappa shape index (κ1) is 34.9. The van der Waals surface area contributed by atoms with Crippen molar-refractivity contribution in [3.8, 4) is 32.7 Å². The molecule has 0 fully saturated rings. The maximum atomic E-state index is 6.41. The van der Waals surface area contributed by atoms with Crippen LogP contribution in [0.25, 0.3) is 108 Å². The molecule has 0 bridgehead atoms. The van der Waals surface area contributed by atoms with E-state index in [1.807, 2.05) is 35.6 Å². The fourth-order valence-corrected chi connectivity index (χ4v) is 11.0. The minimum Gasteiger partial charge on any atom is -0.456 e. The van der Waals surface area contributed by atoms with E-state index in [-0.39, 0.29) is 0 Å². The average Bonchev–Trinajstić information content (AvgIpc) is 4.04. The maximum Gasteiger partial charge on any atom is 0.137 e. The fourth-order valence-electron chi connectivity index (χ4n) is 9.59. The van der Waals surface area contributed by atoms with Crippen LogP contribution >= 0.6 is 11.3 Å². The number of benzene rings is 10.